The van der Waals surface area contributed by atoms with Gasteiger partial charge in [-0.3, -0.25) is 9.69 Å². The number of esters is 1. The van der Waals surface area contributed by atoms with Gasteiger partial charge in [0.25, 0.3) is 0 Å². The van der Waals surface area contributed by atoms with Gasteiger partial charge in [0, 0.05) is 60.7 Å². The molecule has 5 rings (SSSR count). The minimum absolute atomic E-state index is 0.0289. The lowest BCUT2D eigenvalue weighted by Gasteiger charge is -2.61. The molecule has 0 spiro atoms. The molecule has 0 radical (unpaired) electrons. The number of carbonyl (C=O) groups excluding carboxylic acids is 1. The number of nitrogens with zero attached hydrogens (tertiary/aromatic N) is 2. The number of aryl methyl sites for hydroxylation is 1. The van der Waals surface area contributed by atoms with Crippen LogP contribution in [0.4, 0.5) is 0 Å². The van der Waals surface area contributed by atoms with E-state index in [1.54, 1.807) is 14.2 Å². The van der Waals surface area contributed by atoms with Crippen molar-refractivity contribution in [3.05, 3.63) is 33.5 Å². The van der Waals surface area contributed by atoms with Crippen molar-refractivity contribution in [2.75, 3.05) is 34.4 Å². The van der Waals surface area contributed by atoms with E-state index in [0.717, 1.165) is 26.7 Å². The lowest BCUT2D eigenvalue weighted by atomic mass is 9.58. The van der Waals surface area contributed by atoms with Gasteiger partial charge in [-0.1, -0.05) is 24.1 Å². The Balaban J connectivity index is 1.99. The first-order valence-corrected chi connectivity index (χ1v) is 11.1. The van der Waals surface area contributed by atoms with Crippen LogP contribution in [0.2, 0.25) is 0 Å². The zero-order valence-electron chi connectivity index (χ0n) is 17.8. The Hall–Kier alpha value is -1.60. The summed E-state index contributed by atoms with van der Waals surface area (Å²) in [5.74, 6) is 1.78. The minimum atomic E-state index is -0.862. The van der Waals surface area contributed by atoms with Crippen LogP contribution in [0.5, 0.6) is 0 Å². The molecule has 3 atom stereocenters. The van der Waals surface area contributed by atoms with Crippen LogP contribution in [0, 0.1) is 21.8 Å². The molecule has 3 heterocycles. The summed E-state index contributed by atoms with van der Waals surface area (Å²) in [5, 5.41) is 1.13. The quantitative estimate of drug-likeness (QED) is 0.262. The molecule has 7 heteroatoms. The summed E-state index contributed by atoms with van der Waals surface area (Å²) in [6, 6.07) is 8.02. The van der Waals surface area contributed by atoms with E-state index < -0.39 is 11.2 Å². The molecule has 30 heavy (non-hydrogen) atoms. The van der Waals surface area contributed by atoms with Crippen molar-refractivity contribution < 1.29 is 19.0 Å². The Morgan fingerprint density at radius 2 is 1.97 bits per heavy atom. The second-order valence-corrected chi connectivity index (χ2v) is 9.26. The van der Waals surface area contributed by atoms with Crippen molar-refractivity contribution in [1.29, 1.82) is 0 Å². The van der Waals surface area contributed by atoms with E-state index in [-0.39, 0.29) is 17.9 Å². The lowest BCUT2D eigenvalue weighted by molar-refractivity contribution is -0.296. The highest BCUT2D eigenvalue weighted by molar-refractivity contribution is 14.1. The van der Waals surface area contributed by atoms with E-state index >= 15 is 0 Å². The average molecular weight is 522 g/mol. The summed E-state index contributed by atoms with van der Waals surface area (Å²) in [7, 11) is 6.84. The molecule has 2 aliphatic heterocycles. The second kappa shape index (κ2) is 7.83. The molecule has 1 aliphatic carbocycles. The predicted molar refractivity (Wildman–Crippen MR) is 123 cm³/mol. The molecular formula is C23H27IN2O4. The number of hydrogen-bond donors (Lipinski definition) is 0. The number of para-hydroxylation sites is 1. The normalized spacial score (nSPS) is 27.9. The monoisotopic (exact) mass is 522 g/mol. The van der Waals surface area contributed by atoms with E-state index in [1.165, 1.54) is 7.11 Å². The van der Waals surface area contributed by atoms with Gasteiger partial charge in [0.2, 0.25) is 0 Å². The van der Waals surface area contributed by atoms with Crippen LogP contribution in [-0.2, 0) is 31.5 Å². The number of aromatic nitrogens is 1. The first-order valence-electron chi connectivity index (χ1n) is 9.99. The summed E-state index contributed by atoms with van der Waals surface area (Å²) < 4.78 is 20.4. The Morgan fingerprint density at radius 1 is 1.27 bits per heavy atom. The Kier molecular flexibility index (Phi) is 5.64. The molecule has 2 aromatic rings. The average Bonchev–Trinajstić information content (AvgIpc) is 3.04. The van der Waals surface area contributed by atoms with Crippen LogP contribution < -0.4 is 0 Å². The van der Waals surface area contributed by atoms with Crippen molar-refractivity contribution in [3.8, 4) is 12.3 Å². The molecular weight excluding hydrogens is 495 g/mol. The van der Waals surface area contributed by atoms with Crippen molar-refractivity contribution in [1.82, 2.24) is 9.47 Å². The van der Waals surface area contributed by atoms with Gasteiger partial charge in [-0.05, 0) is 35.1 Å². The number of ether oxygens (including phenoxy) is 3. The molecule has 2 saturated heterocycles. The van der Waals surface area contributed by atoms with E-state index in [1.807, 2.05) is 19.2 Å². The van der Waals surface area contributed by atoms with Gasteiger partial charge in [-0.25, -0.2) is 0 Å². The summed E-state index contributed by atoms with van der Waals surface area (Å²) in [6.07, 6.45) is 6.82. The van der Waals surface area contributed by atoms with Crippen molar-refractivity contribution in [2.45, 2.75) is 30.1 Å². The van der Waals surface area contributed by atoms with Crippen LogP contribution in [0.25, 0.3) is 10.9 Å². The molecule has 1 aromatic heterocycles. The summed E-state index contributed by atoms with van der Waals surface area (Å²) in [4.78, 5) is 15.8. The summed E-state index contributed by atoms with van der Waals surface area (Å²) in [5.41, 5.74) is 1.21. The standard InChI is InChI=1S/C23H27IN2O4/c1-6-11-26-14-15-12-22(21(27)28-3,18(26)13-23(15,29-4)30-5)20-19(24)16-9-7-8-10-17(16)25(20)2/h1,7-10,15,18H,11-14H2,2-5H3/t15-,18+,22+/m0/s1. The van der Waals surface area contributed by atoms with Crippen molar-refractivity contribution >= 4 is 39.5 Å². The molecule has 3 aliphatic rings. The van der Waals surface area contributed by atoms with Crippen molar-refractivity contribution in [3.63, 3.8) is 0 Å². The van der Waals surface area contributed by atoms with Crippen molar-refractivity contribution in [2.24, 2.45) is 13.0 Å². The predicted octanol–water partition coefficient (Wildman–Crippen LogP) is 2.91. The smallest absolute Gasteiger partial charge is 0.319 e. The van der Waals surface area contributed by atoms with Crippen LogP contribution >= 0.6 is 22.6 Å². The minimum Gasteiger partial charge on any atom is -0.468 e. The number of benzene rings is 1. The highest BCUT2D eigenvalue weighted by atomic mass is 127. The van der Waals surface area contributed by atoms with Crippen LogP contribution in [0.1, 0.15) is 18.5 Å². The second-order valence-electron chi connectivity index (χ2n) is 8.18. The maximum atomic E-state index is 13.6. The molecule has 0 unspecified atom stereocenters. The zero-order chi connectivity index (χ0) is 21.7. The maximum absolute atomic E-state index is 13.6. The summed E-state index contributed by atoms with van der Waals surface area (Å²) >= 11 is 2.37. The molecule has 160 valence electrons. The Labute approximate surface area is 191 Å². The van der Waals surface area contributed by atoms with Crippen LogP contribution in [0.3, 0.4) is 0 Å². The third-order valence-electron chi connectivity index (χ3n) is 7.14. The fourth-order valence-corrected chi connectivity index (χ4v) is 7.11. The number of hydrogen-bond acceptors (Lipinski definition) is 5. The number of halogens is 1. The van der Waals surface area contributed by atoms with Gasteiger partial charge in [0.15, 0.2) is 5.79 Å². The van der Waals surface area contributed by atoms with Crippen LogP contribution in [0.15, 0.2) is 24.3 Å². The third-order valence-corrected chi connectivity index (χ3v) is 8.23. The van der Waals surface area contributed by atoms with Gasteiger partial charge < -0.3 is 18.8 Å². The largest absolute Gasteiger partial charge is 0.468 e. The first-order chi connectivity index (χ1) is 14.4. The van der Waals surface area contributed by atoms with Gasteiger partial charge in [-0.15, -0.1) is 6.42 Å². The zero-order valence-corrected chi connectivity index (χ0v) is 19.9. The molecule has 6 nitrogen and oxygen atoms in total. The van der Waals surface area contributed by atoms with E-state index in [4.69, 9.17) is 20.6 Å². The lowest BCUT2D eigenvalue weighted by Crippen LogP contribution is -2.72. The van der Waals surface area contributed by atoms with E-state index in [0.29, 0.717) is 19.4 Å². The van der Waals surface area contributed by atoms with E-state index in [2.05, 4.69) is 50.1 Å². The number of carbonyl (C=O) groups is 1. The van der Waals surface area contributed by atoms with E-state index in [9.17, 15) is 4.79 Å². The number of methoxy groups -OCH3 is 3. The number of piperidine rings is 2. The summed E-state index contributed by atoms with van der Waals surface area (Å²) in [6.45, 7) is 1.18. The number of terminal acetylenes is 1. The van der Waals surface area contributed by atoms with Gasteiger partial charge >= 0.3 is 5.97 Å². The Morgan fingerprint density at radius 3 is 2.53 bits per heavy atom. The van der Waals surface area contributed by atoms with Crippen LogP contribution in [-0.4, -0.2) is 61.7 Å². The van der Waals surface area contributed by atoms with Gasteiger partial charge in [0.1, 0.15) is 5.41 Å². The van der Waals surface area contributed by atoms with Gasteiger partial charge in [0.05, 0.1) is 19.3 Å². The third kappa shape index (κ3) is 2.77. The number of fused-ring (bicyclic) bond motifs is 4. The molecule has 0 amide bonds. The molecule has 1 saturated carbocycles. The SMILES string of the molecule is C#CCN1C[C@@H]2C[C@](C(=O)OC)(c3c(I)c4ccccc4n3C)[C@H]1CC2(OC)OC. The Bertz CT molecular complexity index is 983. The first kappa shape index (κ1) is 21.6. The molecule has 1 aromatic carbocycles. The fraction of sp³-hybridized carbons (Fsp3) is 0.522. The highest BCUT2D eigenvalue weighted by Gasteiger charge is 2.66. The molecule has 3 fully saturated rings. The fourth-order valence-electron chi connectivity index (χ4n) is 5.82. The molecule has 2 bridgehead atoms. The molecule has 0 N–H and O–H groups in total. The maximum Gasteiger partial charge on any atom is 0.319 e. The number of rotatable bonds is 5. The topological polar surface area (TPSA) is 52.9 Å². The van der Waals surface area contributed by atoms with Gasteiger partial charge in [-0.2, -0.15) is 0 Å². The highest BCUT2D eigenvalue weighted by Crippen LogP contribution is 2.56.